The lowest BCUT2D eigenvalue weighted by atomic mass is 9.86. The maximum atomic E-state index is 6.07. The topological polar surface area (TPSA) is 9.23 Å². The molecule has 2 fully saturated rings. The lowest BCUT2D eigenvalue weighted by molar-refractivity contribution is 0.0389. The van der Waals surface area contributed by atoms with Gasteiger partial charge in [0.1, 0.15) is 0 Å². The molecule has 4 rings (SSSR count). The van der Waals surface area contributed by atoms with E-state index in [4.69, 9.17) is 4.74 Å². The summed E-state index contributed by atoms with van der Waals surface area (Å²) in [7, 11) is 0. The van der Waals surface area contributed by atoms with Gasteiger partial charge in [0.25, 0.3) is 0 Å². The van der Waals surface area contributed by atoms with Gasteiger partial charge in [-0.15, -0.1) is 0 Å². The van der Waals surface area contributed by atoms with Crippen molar-refractivity contribution < 1.29 is 4.74 Å². The molecule has 72 valence electrons. The SMILES string of the molecule is Cc1ccc(C)c2c1C1OC2C2CC12. The van der Waals surface area contributed by atoms with Gasteiger partial charge in [-0.3, -0.25) is 0 Å². The molecule has 0 N–H and O–H groups in total. The maximum absolute atomic E-state index is 6.07. The highest BCUT2D eigenvalue weighted by atomic mass is 16.5. The van der Waals surface area contributed by atoms with Crippen molar-refractivity contribution in [1.82, 2.24) is 0 Å². The molecule has 1 nitrogen and oxygen atoms in total. The van der Waals surface area contributed by atoms with Crippen molar-refractivity contribution in [2.45, 2.75) is 32.5 Å². The summed E-state index contributed by atoms with van der Waals surface area (Å²) in [5, 5.41) is 0. The summed E-state index contributed by atoms with van der Waals surface area (Å²) in [4.78, 5) is 0. The van der Waals surface area contributed by atoms with Crippen LogP contribution in [-0.2, 0) is 4.74 Å². The second-order valence-corrected chi connectivity index (χ2v) is 5.07. The van der Waals surface area contributed by atoms with E-state index in [9.17, 15) is 0 Å². The predicted octanol–water partition coefficient (Wildman–Crippen LogP) is 3.07. The van der Waals surface area contributed by atoms with Crippen LogP contribution >= 0.6 is 0 Å². The Kier molecular flexibility index (Phi) is 1.10. The van der Waals surface area contributed by atoms with Gasteiger partial charge in [-0.25, -0.2) is 0 Å². The van der Waals surface area contributed by atoms with Crippen LogP contribution in [-0.4, -0.2) is 0 Å². The molecule has 1 aliphatic carbocycles. The molecule has 0 aromatic heterocycles. The molecule has 4 unspecified atom stereocenters. The lowest BCUT2D eigenvalue weighted by Gasteiger charge is -2.15. The summed E-state index contributed by atoms with van der Waals surface area (Å²) < 4.78 is 6.07. The lowest BCUT2D eigenvalue weighted by Crippen LogP contribution is -2.05. The smallest absolute Gasteiger partial charge is 0.0871 e. The van der Waals surface area contributed by atoms with Gasteiger partial charge in [-0.1, -0.05) is 12.1 Å². The van der Waals surface area contributed by atoms with Gasteiger partial charge in [0.15, 0.2) is 0 Å². The zero-order valence-corrected chi connectivity index (χ0v) is 8.58. The van der Waals surface area contributed by atoms with Gasteiger partial charge in [0.05, 0.1) is 12.2 Å². The first-order chi connectivity index (χ1) is 6.77. The van der Waals surface area contributed by atoms with E-state index in [0.29, 0.717) is 12.2 Å². The fourth-order valence-corrected chi connectivity index (χ4v) is 3.47. The van der Waals surface area contributed by atoms with Crippen molar-refractivity contribution in [3.63, 3.8) is 0 Å². The summed E-state index contributed by atoms with van der Waals surface area (Å²) in [6.07, 6.45) is 2.32. The van der Waals surface area contributed by atoms with Crippen molar-refractivity contribution in [2.75, 3.05) is 0 Å². The number of rotatable bonds is 0. The minimum Gasteiger partial charge on any atom is -0.365 e. The van der Waals surface area contributed by atoms with E-state index < -0.39 is 0 Å². The minimum absolute atomic E-state index is 0.458. The summed E-state index contributed by atoms with van der Waals surface area (Å²) in [6, 6.07) is 4.49. The molecule has 1 heteroatoms. The highest BCUT2D eigenvalue weighted by Crippen LogP contribution is 2.69. The molecular formula is C13H14O. The Morgan fingerprint density at radius 2 is 1.50 bits per heavy atom. The molecule has 0 radical (unpaired) electrons. The van der Waals surface area contributed by atoms with E-state index in [0.717, 1.165) is 11.8 Å². The second kappa shape index (κ2) is 2.06. The van der Waals surface area contributed by atoms with Crippen LogP contribution in [0, 0.1) is 25.7 Å². The summed E-state index contributed by atoms with van der Waals surface area (Å²) in [5.74, 6) is 1.74. The Morgan fingerprint density at radius 1 is 1.00 bits per heavy atom. The Morgan fingerprint density at radius 3 is 2.00 bits per heavy atom. The van der Waals surface area contributed by atoms with Crippen molar-refractivity contribution in [3.05, 3.63) is 34.4 Å². The molecule has 1 aromatic carbocycles. The molecule has 2 aliphatic heterocycles. The number of benzene rings is 1. The molecule has 0 amide bonds. The quantitative estimate of drug-likeness (QED) is 0.605. The largest absolute Gasteiger partial charge is 0.365 e. The third kappa shape index (κ3) is 0.651. The first-order valence-electron chi connectivity index (χ1n) is 5.53. The van der Waals surface area contributed by atoms with E-state index in [1.165, 1.54) is 28.7 Å². The average molecular weight is 186 g/mol. The normalized spacial score (nSPS) is 41.0. The first kappa shape index (κ1) is 7.47. The number of hydrogen-bond acceptors (Lipinski definition) is 1. The fraction of sp³-hybridized carbons (Fsp3) is 0.538. The van der Waals surface area contributed by atoms with Crippen LogP contribution in [0.4, 0.5) is 0 Å². The van der Waals surface area contributed by atoms with E-state index in [2.05, 4.69) is 26.0 Å². The molecule has 14 heavy (non-hydrogen) atoms. The van der Waals surface area contributed by atoms with Crippen LogP contribution in [0.5, 0.6) is 0 Å². The molecule has 4 atom stereocenters. The molecule has 1 saturated heterocycles. The van der Waals surface area contributed by atoms with Gasteiger partial charge in [0.2, 0.25) is 0 Å². The number of fused-ring (bicyclic) bond motifs is 8. The van der Waals surface area contributed by atoms with Gasteiger partial charge in [-0.05, 0) is 54.4 Å². The van der Waals surface area contributed by atoms with Crippen LogP contribution in [0.3, 0.4) is 0 Å². The van der Waals surface area contributed by atoms with Crippen molar-refractivity contribution in [3.8, 4) is 0 Å². The van der Waals surface area contributed by atoms with Crippen LogP contribution in [0.15, 0.2) is 12.1 Å². The van der Waals surface area contributed by atoms with Crippen LogP contribution < -0.4 is 0 Å². The summed E-state index contributed by atoms with van der Waals surface area (Å²) >= 11 is 0. The second-order valence-electron chi connectivity index (χ2n) is 5.07. The van der Waals surface area contributed by atoms with Gasteiger partial charge in [-0.2, -0.15) is 0 Å². The highest BCUT2D eigenvalue weighted by molar-refractivity contribution is 5.50. The molecule has 1 aromatic rings. The number of aryl methyl sites for hydroxylation is 2. The van der Waals surface area contributed by atoms with Crippen molar-refractivity contribution >= 4 is 0 Å². The first-order valence-corrected chi connectivity index (χ1v) is 5.53. The Balaban J connectivity index is 2.04. The van der Waals surface area contributed by atoms with E-state index in [1.54, 1.807) is 0 Å². The van der Waals surface area contributed by atoms with Crippen LogP contribution in [0.25, 0.3) is 0 Å². The van der Waals surface area contributed by atoms with Crippen molar-refractivity contribution in [2.24, 2.45) is 11.8 Å². The molecule has 1 saturated carbocycles. The minimum atomic E-state index is 0.458. The molecule has 0 spiro atoms. The molecule has 3 aliphatic rings. The standard InChI is InChI=1S/C13H14O/c1-6-3-4-7(2)11-10(6)12-8-5-9(8)13(11)14-12/h3-4,8-9,12-13H,5H2,1-2H3. The van der Waals surface area contributed by atoms with Crippen LogP contribution in [0.2, 0.25) is 0 Å². The van der Waals surface area contributed by atoms with Crippen molar-refractivity contribution in [1.29, 1.82) is 0 Å². The zero-order chi connectivity index (χ0) is 9.45. The van der Waals surface area contributed by atoms with Gasteiger partial charge < -0.3 is 4.74 Å². The molecular weight excluding hydrogens is 172 g/mol. The maximum Gasteiger partial charge on any atom is 0.0871 e. The Hall–Kier alpha value is -0.820. The Bertz CT molecular complexity index is 396. The van der Waals surface area contributed by atoms with E-state index >= 15 is 0 Å². The number of hydrogen-bond donors (Lipinski definition) is 0. The number of ether oxygens (including phenoxy) is 1. The average Bonchev–Trinajstić information content (AvgIpc) is 2.79. The summed E-state index contributed by atoms with van der Waals surface area (Å²) in [6.45, 7) is 4.44. The van der Waals surface area contributed by atoms with Gasteiger partial charge >= 0.3 is 0 Å². The highest BCUT2D eigenvalue weighted by Gasteiger charge is 2.62. The van der Waals surface area contributed by atoms with Crippen LogP contribution in [0.1, 0.15) is 40.9 Å². The molecule has 2 bridgehead atoms. The Labute approximate surface area is 84.1 Å². The fourth-order valence-electron chi connectivity index (χ4n) is 3.47. The molecule has 2 heterocycles. The summed E-state index contributed by atoms with van der Waals surface area (Å²) in [5.41, 5.74) is 5.94. The monoisotopic (exact) mass is 186 g/mol. The van der Waals surface area contributed by atoms with Gasteiger partial charge in [0, 0.05) is 0 Å². The predicted molar refractivity (Wildman–Crippen MR) is 54.1 cm³/mol. The van der Waals surface area contributed by atoms with E-state index in [1.807, 2.05) is 0 Å². The third-order valence-electron chi connectivity index (χ3n) is 4.25. The third-order valence-corrected chi connectivity index (χ3v) is 4.25. The zero-order valence-electron chi connectivity index (χ0n) is 8.58. The van der Waals surface area contributed by atoms with E-state index in [-0.39, 0.29) is 0 Å².